The Hall–Kier alpha value is -3.80. The highest BCUT2D eigenvalue weighted by Crippen LogP contribution is 2.37. The van der Waals surface area contributed by atoms with Gasteiger partial charge >= 0.3 is 6.18 Å². The van der Waals surface area contributed by atoms with Crippen LogP contribution in [0.2, 0.25) is 0 Å². The summed E-state index contributed by atoms with van der Waals surface area (Å²) in [5.74, 6) is -0.390. The summed E-state index contributed by atoms with van der Waals surface area (Å²) in [5, 5.41) is 10.1. The SMILES string of the molecule is COc1ccc(-n2nnnc2C(F)(F)F)cc1CN1CC2CN(C)CCN2C(C(c2ccccc2)c2ccccc2)C1. The number of alkyl halides is 3. The van der Waals surface area contributed by atoms with E-state index in [1.807, 2.05) is 12.1 Å². The molecule has 0 bridgehead atoms. The lowest BCUT2D eigenvalue weighted by Crippen LogP contribution is -2.66. The molecule has 0 N–H and O–H groups in total. The van der Waals surface area contributed by atoms with Gasteiger partial charge in [0.25, 0.3) is 5.82 Å². The maximum absolute atomic E-state index is 13.6. The van der Waals surface area contributed by atoms with Gasteiger partial charge in [-0.1, -0.05) is 60.7 Å². The Kier molecular flexibility index (Phi) is 7.98. The van der Waals surface area contributed by atoms with Crippen molar-refractivity contribution < 1.29 is 17.9 Å². The highest BCUT2D eigenvalue weighted by atomic mass is 19.4. The molecule has 2 saturated heterocycles. The summed E-state index contributed by atoms with van der Waals surface area (Å²) in [6, 6.07) is 26.7. The fourth-order valence-electron chi connectivity index (χ4n) is 6.55. The molecule has 0 aliphatic carbocycles. The van der Waals surface area contributed by atoms with E-state index in [0.29, 0.717) is 18.3 Å². The molecule has 1 aromatic heterocycles. The third-order valence-electron chi connectivity index (χ3n) is 8.40. The number of aromatic nitrogens is 4. The Morgan fingerprint density at radius 2 is 1.60 bits per heavy atom. The first-order valence-corrected chi connectivity index (χ1v) is 14.1. The number of methoxy groups -OCH3 is 1. The lowest BCUT2D eigenvalue weighted by molar-refractivity contribution is -0.146. The van der Waals surface area contributed by atoms with Crippen molar-refractivity contribution in [1.29, 1.82) is 0 Å². The van der Waals surface area contributed by atoms with Crippen molar-refractivity contribution in [2.45, 2.75) is 30.7 Å². The summed E-state index contributed by atoms with van der Waals surface area (Å²) < 4.78 is 47.1. The molecule has 3 heterocycles. The first-order valence-electron chi connectivity index (χ1n) is 14.1. The van der Waals surface area contributed by atoms with Gasteiger partial charge in [0, 0.05) is 62.8 Å². The first kappa shape index (κ1) is 28.3. The van der Waals surface area contributed by atoms with Gasteiger partial charge < -0.3 is 9.64 Å². The maximum atomic E-state index is 13.6. The molecule has 0 radical (unpaired) electrons. The van der Waals surface area contributed by atoms with E-state index < -0.39 is 12.0 Å². The molecule has 0 saturated carbocycles. The Labute approximate surface area is 243 Å². The molecule has 2 aliphatic rings. The van der Waals surface area contributed by atoms with Crippen molar-refractivity contribution in [1.82, 2.24) is 34.9 Å². The molecule has 2 atom stereocenters. The molecule has 0 amide bonds. The highest BCUT2D eigenvalue weighted by molar-refractivity contribution is 5.44. The molecule has 220 valence electrons. The van der Waals surface area contributed by atoms with Crippen molar-refractivity contribution in [3.8, 4) is 11.4 Å². The van der Waals surface area contributed by atoms with Crippen LogP contribution in [0.5, 0.6) is 5.75 Å². The van der Waals surface area contributed by atoms with Crippen LogP contribution < -0.4 is 4.74 Å². The Morgan fingerprint density at radius 3 is 2.24 bits per heavy atom. The van der Waals surface area contributed by atoms with Crippen molar-refractivity contribution in [3.63, 3.8) is 0 Å². The van der Waals surface area contributed by atoms with Crippen molar-refractivity contribution in [2.24, 2.45) is 0 Å². The molecule has 11 heteroatoms. The van der Waals surface area contributed by atoms with E-state index in [1.165, 1.54) is 11.1 Å². The summed E-state index contributed by atoms with van der Waals surface area (Å²) in [6.45, 7) is 5.08. The summed E-state index contributed by atoms with van der Waals surface area (Å²) in [4.78, 5) is 7.46. The minimum absolute atomic E-state index is 0.157. The number of likely N-dealkylation sites (N-methyl/N-ethyl adjacent to an activating group) is 1. The van der Waals surface area contributed by atoms with Crippen molar-refractivity contribution in [3.05, 3.63) is 101 Å². The topological polar surface area (TPSA) is 62.6 Å². The second-order valence-electron chi connectivity index (χ2n) is 11.1. The van der Waals surface area contributed by atoms with Gasteiger partial charge in [-0.25, -0.2) is 0 Å². The zero-order valence-corrected chi connectivity index (χ0v) is 23.7. The van der Waals surface area contributed by atoms with E-state index >= 15 is 0 Å². The number of ether oxygens (including phenoxy) is 1. The lowest BCUT2D eigenvalue weighted by atomic mass is 9.81. The number of fused-ring (bicyclic) bond motifs is 1. The predicted octanol–water partition coefficient (Wildman–Crippen LogP) is 4.32. The predicted molar refractivity (Wildman–Crippen MR) is 152 cm³/mol. The molecule has 0 spiro atoms. The van der Waals surface area contributed by atoms with Gasteiger partial charge in [-0.3, -0.25) is 9.80 Å². The Bertz CT molecular complexity index is 1440. The number of hydrogen-bond donors (Lipinski definition) is 0. The number of piperazine rings is 2. The molecule has 2 aliphatic heterocycles. The summed E-state index contributed by atoms with van der Waals surface area (Å²) in [5.41, 5.74) is 3.56. The third kappa shape index (κ3) is 5.77. The van der Waals surface area contributed by atoms with Crippen LogP contribution in [0.15, 0.2) is 78.9 Å². The fraction of sp³-hybridized carbons (Fsp3) is 0.387. The van der Waals surface area contributed by atoms with Crippen molar-refractivity contribution >= 4 is 0 Å². The largest absolute Gasteiger partial charge is 0.496 e. The average molecular weight is 578 g/mol. The van der Waals surface area contributed by atoms with Crippen LogP contribution in [0.4, 0.5) is 13.2 Å². The Balaban J connectivity index is 1.36. The van der Waals surface area contributed by atoms with Crippen LogP contribution in [0.1, 0.15) is 28.4 Å². The highest BCUT2D eigenvalue weighted by Gasteiger charge is 2.42. The molecule has 2 fully saturated rings. The summed E-state index contributed by atoms with van der Waals surface area (Å²) in [7, 11) is 3.74. The van der Waals surface area contributed by atoms with Gasteiger partial charge in [0.2, 0.25) is 0 Å². The van der Waals surface area contributed by atoms with Crippen LogP contribution in [0.25, 0.3) is 5.69 Å². The van der Waals surface area contributed by atoms with Crippen LogP contribution in [-0.2, 0) is 12.7 Å². The minimum atomic E-state index is -4.68. The maximum Gasteiger partial charge on any atom is 0.453 e. The number of halogens is 3. The smallest absolute Gasteiger partial charge is 0.453 e. The van der Waals surface area contributed by atoms with Crippen LogP contribution in [0.3, 0.4) is 0 Å². The van der Waals surface area contributed by atoms with Crippen LogP contribution in [-0.4, -0.2) is 93.9 Å². The van der Waals surface area contributed by atoms with E-state index in [4.69, 9.17) is 4.74 Å². The third-order valence-corrected chi connectivity index (χ3v) is 8.40. The quantitative estimate of drug-likeness (QED) is 0.324. The second kappa shape index (κ2) is 11.8. The molecule has 8 nitrogen and oxygen atoms in total. The molecular weight excluding hydrogens is 543 g/mol. The van der Waals surface area contributed by atoms with E-state index in [0.717, 1.165) is 43.0 Å². The van der Waals surface area contributed by atoms with Gasteiger partial charge in [-0.2, -0.15) is 17.9 Å². The van der Waals surface area contributed by atoms with Gasteiger partial charge in [0.15, 0.2) is 0 Å². The minimum Gasteiger partial charge on any atom is -0.496 e. The zero-order valence-electron chi connectivity index (χ0n) is 23.7. The molecule has 2 unspecified atom stereocenters. The normalized spacial score (nSPS) is 20.5. The molecule has 3 aromatic carbocycles. The van der Waals surface area contributed by atoms with E-state index in [1.54, 1.807) is 25.3 Å². The number of benzene rings is 3. The molecule has 42 heavy (non-hydrogen) atoms. The zero-order chi connectivity index (χ0) is 29.3. The van der Waals surface area contributed by atoms with Gasteiger partial charge in [0.05, 0.1) is 12.8 Å². The fourth-order valence-corrected chi connectivity index (χ4v) is 6.55. The first-order chi connectivity index (χ1) is 20.3. The lowest BCUT2D eigenvalue weighted by Gasteiger charge is -2.53. The van der Waals surface area contributed by atoms with Crippen LogP contribution in [0, 0.1) is 0 Å². The molecule has 6 rings (SSSR count). The molecular formula is C31H34F3N7O. The van der Waals surface area contributed by atoms with Crippen molar-refractivity contribution in [2.75, 3.05) is 46.9 Å². The van der Waals surface area contributed by atoms with E-state index in [2.05, 4.69) is 85.8 Å². The number of rotatable bonds is 7. The number of hydrogen-bond acceptors (Lipinski definition) is 7. The molecule has 4 aromatic rings. The van der Waals surface area contributed by atoms with Gasteiger partial charge in [0.1, 0.15) is 5.75 Å². The standard InChI is InChI=1S/C31H34F3N7O/c1-38-15-16-40-26(19-38)20-39(21-27(40)29(22-9-5-3-6-10-22)23-11-7-4-8-12-23)18-24-17-25(13-14-28(24)42-2)41-30(31(32,33)34)35-36-37-41/h3-14,17,26-27,29H,15-16,18-21H2,1-2H3. The van der Waals surface area contributed by atoms with E-state index in [9.17, 15) is 13.2 Å². The number of nitrogens with zero attached hydrogens (tertiary/aromatic N) is 7. The Morgan fingerprint density at radius 1 is 0.905 bits per heavy atom. The average Bonchev–Trinajstić information content (AvgIpc) is 3.49. The van der Waals surface area contributed by atoms with Crippen LogP contribution >= 0.6 is 0 Å². The van der Waals surface area contributed by atoms with Gasteiger partial charge in [-0.05, 0) is 46.8 Å². The monoisotopic (exact) mass is 577 g/mol. The summed E-state index contributed by atoms with van der Waals surface area (Å²) >= 11 is 0. The number of tetrazole rings is 1. The van der Waals surface area contributed by atoms with Gasteiger partial charge in [-0.15, -0.1) is 5.10 Å². The van der Waals surface area contributed by atoms with E-state index in [-0.39, 0.29) is 17.6 Å². The summed E-state index contributed by atoms with van der Waals surface area (Å²) in [6.07, 6.45) is -4.68. The second-order valence-corrected chi connectivity index (χ2v) is 11.1.